The van der Waals surface area contributed by atoms with Crippen LogP contribution >= 0.6 is 0 Å². The van der Waals surface area contributed by atoms with Gasteiger partial charge in [-0.1, -0.05) is 13.8 Å². The Bertz CT molecular complexity index is 458. The Morgan fingerprint density at radius 3 is 2.81 bits per heavy atom. The maximum atomic E-state index is 5.12. The molecule has 0 saturated carbocycles. The van der Waals surface area contributed by atoms with Gasteiger partial charge in [0.1, 0.15) is 17.8 Å². The van der Waals surface area contributed by atoms with Crippen LogP contribution in [0.5, 0.6) is 0 Å². The van der Waals surface area contributed by atoms with Crippen LogP contribution in [-0.2, 0) is 6.42 Å². The first-order valence-corrected chi connectivity index (χ1v) is 5.49. The second-order valence-corrected chi connectivity index (χ2v) is 4.29. The average Bonchev–Trinajstić information content (AvgIpc) is 2.83. The van der Waals surface area contributed by atoms with Crippen molar-refractivity contribution in [2.45, 2.75) is 33.6 Å². The summed E-state index contributed by atoms with van der Waals surface area (Å²) < 4.78 is 5.12. The smallest absolute Gasteiger partial charge is 0.203 e. The molecule has 5 heteroatoms. The molecule has 0 aliphatic heterocycles. The van der Waals surface area contributed by atoms with Gasteiger partial charge in [0.2, 0.25) is 5.82 Å². The standard InChI is InChI=1S/C11H16N4O/c1-7(2)4-5-10-13-11(15-14-10)9-6-16-8(3)12-9/h6-7H,4-5H2,1-3H3,(H,13,14,15). The van der Waals surface area contributed by atoms with Gasteiger partial charge in [0.15, 0.2) is 5.89 Å². The van der Waals surface area contributed by atoms with E-state index in [0.29, 0.717) is 23.3 Å². The van der Waals surface area contributed by atoms with Gasteiger partial charge in [0.05, 0.1) is 0 Å². The second-order valence-electron chi connectivity index (χ2n) is 4.29. The number of aromatic nitrogens is 4. The van der Waals surface area contributed by atoms with Crippen molar-refractivity contribution in [3.8, 4) is 11.5 Å². The van der Waals surface area contributed by atoms with E-state index >= 15 is 0 Å². The predicted molar refractivity (Wildman–Crippen MR) is 59.8 cm³/mol. The minimum atomic E-state index is 0.607. The van der Waals surface area contributed by atoms with Gasteiger partial charge in [-0.25, -0.2) is 9.97 Å². The zero-order valence-corrected chi connectivity index (χ0v) is 9.82. The monoisotopic (exact) mass is 220 g/mol. The molecule has 0 atom stereocenters. The number of hydrogen-bond acceptors (Lipinski definition) is 4. The Labute approximate surface area is 94.3 Å². The molecule has 2 aromatic rings. The van der Waals surface area contributed by atoms with Crippen molar-refractivity contribution >= 4 is 0 Å². The van der Waals surface area contributed by atoms with Crippen molar-refractivity contribution in [2.75, 3.05) is 0 Å². The van der Waals surface area contributed by atoms with Crippen molar-refractivity contribution in [3.63, 3.8) is 0 Å². The Hall–Kier alpha value is -1.65. The van der Waals surface area contributed by atoms with Gasteiger partial charge in [0.25, 0.3) is 0 Å². The Morgan fingerprint density at radius 1 is 1.38 bits per heavy atom. The molecular formula is C11H16N4O. The molecule has 0 aliphatic carbocycles. The average molecular weight is 220 g/mol. The topological polar surface area (TPSA) is 67.6 Å². The minimum absolute atomic E-state index is 0.607. The van der Waals surface area contributed by atoms with E-state index in [0.717, 1.165) is 18.7 Å². The fourth-order valence-electron chi connectivity index (χ4n) is 1.41. The molecule has 0 radical (unpaired) electrons. The minimum Gasteiger partial charge on any atom is -0.449 e. The molecule has 0 aliphatic rings. The van der Waals surface area contributed by atoms with E-state index in [4.69, 9.17) is 4.42 Å². The van der Waals surface area contributed by atoms with Gasteiger partial charge in [0, 0.05) is 13.3 Å². The van der Waals surface area contributed by atoms with Crippen molar-refractivity contribution in [1.82, 2.24) is 20.2 Å². The first kappa shape index (κ1) is 10.9. The molecule has 0 fully saturated rings. The third-order valence-corrected chi connectivity index (χ3v) is 2.34. The first-order valence-electron chi connectivity index (χ1n) is 5.49. The number of oxazole rings is 1. The third-order valence-electron chi connectivity index (χ3n) is 2.34. The summed E-state index contributed by atoms with van der Waals surface area (Å²) >= 11 is 0. The number of nitrogens with one attached hydrogen (secondary N) is 1. The van der Waals surface area contributed by atoms with Crippen LogP contribution in [0.2, 0.25) is 0 Å². The number of aromatic amines is 1. The lowest BCUT2D eigenvalue weighted by atomic mass is 10.1. The lowest BCUT2D eigenvalue weighted by Gasteiger charge is -1.99. The predicted octanol–water partition coefficient (Wildman–Crippen LogP) is 2.36. The van der Waals surface area contributed by atoms with E-state index in [1.807, 2.05) is 0 Å². The molecular weight excluding hydrogens is 204 g/mol. The molecule has 5 nitrogen and oxygen atoms in total. The lowest BCUT2D eigenvalue weighted by molar-refractivity contribution is 0.521. The van der Waals surface area contributed by atoms with Gasteiger partial charge >= 0.3 is 0 Å². The van der Waals surface area contributed by atoms with Gasteiger partial charge < -0.3 is 4.42 Å². The summed E-state index contributed by atoms with van der Waals surface area (Å²) in [5, 5.41) is 7.05. The number of nitrogens with zero attached hydrogens (tertiary/aromatic N) is 3. The summed E-state index contributed by atoms with van der Waals surface area (Å²) in [5.74, 6) is 2.81. The summed E-state index contributed by atoms with van der Waals surface area (Å²) in [6.45, 7) is 6.19. The Balaban J connectivity index is 2.07. The number of H-pyrrole nitrogens is 1. The highest BCUT2D eigenvalue weighted by molar-refractivity contribution is 5.45. The van der Waals surface area contributed by atoms with Crippen LogP contribution in [0.4, 0.5) is 0 Å². The van der Waals surface area contributed by atoms with Gasteiger partial charge in [-0.15, -0.1) is 0 Å². The van der Waals surface area contributed by atoms with Crippen LogP contribution in [0.1, 0.15) is 32.0 Å². The van der Waals surface area contributed by atoms with Crippen molar-refractivity contribution in [2.24, 2.45) is 5.92 Å². The second kappa shape index (κ2) is 4.47. The summed E-state index contributed by atoms with van der Waals surface area (Å²) in [5.41, 5.74) is 0.685. The zero-order valence-electron chi connectivity index (χ0n) is 9.82. The van der Waals surface area contributed by atoms with Gasteiger partial charge in [-0.3, -0.25) is 5.10 Å². The molecule has 16 heavy (non-hydrogen) atoms. The van der Waals surface area contributed by atoms with E-state index in [1.54, 1.807) is 13.2 Å². The first-order chi connectivity index (χ1) is 7.65. The molecule has 0 amide bonds. The summed E-state index contributed by atoms with van der Waals surface area (Å²) in [6, 6.07) is 0. The molecule has 0 saturated heterocycles. The Kier molecular flexibility index (Phi) is 3.03. The van der Waals surface area contributed by atoms with Crippen LogP contribution in [-0.4, -0.2) is 20.2 Å². The Morgan fingerprint density at radius 2 is 2.19 bits per heavy atom. The largest absolute Gasteiger partial charge is 0.449 e. The van der Waals surface area contributed by atoms with Crippen LogP contribution < -0.4 is 0 Å². The maximum Gasteiger partial charge on any atom is 0.203 e. The van der Waals surface area contributed by atoms with E-state index in [-0.39, 0.29) is 0 Å². The van der Waals surface area contributed by atoms with E-state index in [2.05, 4.69) is 34.0 Å². The quantitative estimate of drug-likeness (QED) is 0.858. The molecule has 2 rings (SSSR count). The summed E-state index contributed by atoms with van der Waals surface area (Å²) in [6.07, 6.45) is 3.60. The van der Waals surface area contributed by atoms with Crippen LogP contribution in [0.3, 0.4) is 0 Å². The van der Waals surface area contributed by atoms with Gasteiger partial charge in [-0.05, 0) is 12.3 Å². The van der Waals surface area contributed by atoms with E-state index < -0.39 is 0 Å². The fraction of sp³-hybridized carbons (Fsp3) is 0.545. The SMILES string of the molecule is Cc1nc(-c2n[nH]c(CCC(C)C)n2)co1. The van der Waals surface area contributed by atoms with E-state index in [1.165, 1.54) is 0 Å². The van der Waals surface area contributed by atoms with Crippen molar-refractivity contribution in [3.05, 3.63) is 18.0 Å². The summed E-state index contributed by atoms with van der Waals surface area (Å²) in [4.78, 5) is 8.55. The number of aryl methyl sites for hydroxylation is 2. The zero-order chi connectivity index (χ0) is 11.5. The van der Waals surface area contributed by atoms with Crippen molar-refractivity contribution < 1.29 is 4.42 Å². The highest BCUT2D eigenvalue weighted by Gasteiger charge is 2.09. The molecule has 0 unspecified atom stereocenters. The highest BCUT2D eigenvalue weighted by Crippen LogP contribution is 2.14. The van der Waals surface area contributed by atoms with Crippen LogP contribution in [0.25, 0.3) is 11.5 Å². The molecule has 86 valence electrons. The van der Waals surface area contributed by atoms with E-state index in [9.17, 15) is 0 Å². The lowest BCUT2D eigenvalue weighted by Crippen LogP contribution is -1.94. The molecule has 2 aromatic heterocycles. The molecule has 1 N–H and O–H groups in total. The normalized spacial score (nSPS) is 11.2. The molecule has 2 heterocycles. The maximum absolute atomic E-state index is 5.12. The number of hydrogen-bond donors (Lipinski definition) is 1. The fourth-order valence-corrected chi connectivity index (χ4v) is 1.41. The van der Waals surface area contributed by atoms with Crippen molar-refractivity contribution in [1.29, 1.82) is 0 Å². The highest BCUT2D eigenvalue weighted by atomic mass is 16.3. The molecule has 0 bridgehead atoms. The molecule has 0 aromatic carbocycles. The van der Waals surface area contributed by atoms with Crippen LogP contribution in [0.15, 0.2) is 10.7 Å². The van der Waals surface area contributed by atoms with Crippen LogP contribution in [0, 0.1) is 12.8 Å². The summed E-state index contributed by atoms with van der Waals surface area (Å²) in [7, 11) is 0. The third kappa shape index (κ3) is 2.48. The number of rotatable bonds is 4. The van der Waals surface area contributed by atoms with Gasteiger partial charge in [-0.2, -0.15) is 5.10 Å². The molecule has 0 spiro atoms.